The number of thioether (sulfide) groups is 1. The lowest BCUT2D eigenvalue weighted by Crippen LogP contribution is -2.34. The minimum Gasteiger partial charge on any atom is -0.466 e. The number of hydrogen-bond acceptors (Lipinski definition) is 6. The van der Waals surface area contributed by atoms with Gasteiger partial charge in [0.05, 0.1) is 12.4 Å². The highest BCUT2D eigenvalue weighted by molar-refractivity contribution is 7.99. The molecule has 2 aliphatic rings. The normalized spacial score (nSPS) is 18.6. The molecule has 0 aromatic carbocycles. The van der Waals surface area contributed by atoms with Crippen LogP contribution in [0.4, 0.5) is 0 Å². The minimum absolute atomic E-state index is 0.0528. The first kappa shape index (κ1) is 20.2. The van der Waals surface area contributed by atoms with Crippen molar-refractivity contribution >= 4 is 23.6 Å². The maximum atomic E-state index is 12.3. The molecule has 2 saturated carbocycles. The van der Waals surface area contributed by atoms with Gasteiger partial charge in [-0.15, -0.1) is 10.2 Å². The summed E-state index contributed by atoms with van der Waals surface area (Å²) >= 11 is 1.42. The lowest BCUT2D eigenvalue weighted by atomic mass is 9.95. The Kier molecular flexibility index (Phi) is 7.55. The van der Waals surface area contributed by atoms with Crippen LogP contribution in [0.15, 0.2) is 5.16 Å². The summed E-state index contributed by atoms with van der Waals surface area (Å²) in [5.74, 6) is 0.759. The van der Waals surface area contributed by atoms with Crippen LogP contribution >= 0.6 is 11.8 Å². The number of carbonyl (C=O) groups is 2. The predicted molar refractivity (Wildman–Crippen MR) is 104 cm³/mol. The standard InChI is InChI=1S/C19H30N4O3S/c1-2-26-18(25)12-16-21-22-19(23(16)15-10-4-3-5-11-15)27-13-17(24)20-14-8-6-7-9-14/h14-15H,2-13H2,1H3,(H,20,24). The molecule has 0 atom stereocenters. The number of carbonyl (C=O) groups excluding carboxylic acids is 2. The predicted octanol–water partition coefficient (Wildman–Crippen LogP) is 3.04. The molecule has 0 unspecified atom stereocenters. The number of nitrogens with zero attached hydrogens (tertiary/aromatic N) is 3. The van der Waals surface area contributed by atoms with E-state index in [2.05, 4.69) is 20.1 Å². The van der Waals surface area contributed by atoms with Gasteiger partial charge in [0.25, 0.3) is 0 Å². The Balaban J connectivity index is 1.66. The van der Waals surface area contributed by atoms with Crippen molar-refractivity contribution in [3.05, 3.63) is 5.82 Å². The van der Waals surface area contributed by atoms with Crippen LogP contribution in [-0.2, 0) is 20.7 Å². The maximum Gasteiger partial charge on any atom is 0.313 e. The van der Waals surface area contributed by atoms with E-state index in [1.807, 2.05) is 0 Å². The van der Waals surface area contributed by atoms with E-state index in [0.29, 0.717) is 30.3 Å². The average Bonchev–Trinajstić information content (AvgIpc) is 3.31. The topological polar surface area (TPSA) is 86.1 Å². The monoisotopic (exact) mass is 394 g/mol. The van der Waals surface area contributed by atoms with Crippen LogP contribution in [0.2, 0.25) is 0 Å². The first-order valence-electron chi connectivity index (χ1n) is 10.2. The first-order chi connectivity index (χ1) is 13.2. The second-order valence-electron chi connectivity index (χ2n) is 7.38. The van der Waals surface area contributed by atoms with Gasteiger partial charge in [-0.05, 0) is 32.6 Å². The number of aromatic nitrogens is 3. The van der Waals surface area contributed by atoms with E-state index in [0.717, 1.165) is 30.8 Å². The fraction of sp³-hybridized carbons (Fsp3) is 0.789. The summed E-state index contributed by atoms with van der Waals surface area (Å²) in [6.07, 6.45) is 10.4. The van der Waals surface area contributed by atoms with E-state index in [1.54, 1.807) is 6.92 Å². The average molecular weight is 395 g/mol. The highest BCUT2D eigenvalue weighted by Gasteiger charge is 2.25. The van der Waals surface area contributed by atoms with Gasteiger partial charge in [-0.3, -0.25) is 9.59 Å². The Bertz CT molecular complexity index is 637. The van der Waals surface area contributed by atoms with Crippen LogP contribution < -0.4 is 5.32 Å². The molecule has 1 aromatic rings. The van der Waals surface area contributed by atoms with Crippen molar-refractivity contribution in [2.75, 3.05) is 12.4 Å². The number of ether oxygens (including phenoxy) is 1. The zero-order valence-electron chi connectivity index (χ0n) is 16.1. The molecule has 8 heteroatoms. The van der Waals surface area contributed by atoms with E-state index in [4.69, 9.17) is 4.74 Å². The van der Waals surface area contributed by atoms with Crippen molar-refractivity contribution in [3.8, 4) is 0 Å². The zero-order valence-corrected chi connectivity index (χ0v) is 16.9. The van der Waals surface area contributed by atoms with Gasteiger partial charge < -0.3 is 14.6 Å². The highest BCUT2D eigenvalue weighted by Crippen LogP contribution is 2.32. The van der Waals surface area contributed by atoms with Crippen LogP contribution in [-0.4, -0.2) is 45.0 Å². The van der Waals surface area contributed by atoms with E-state index in [-0.39, 0.29) is 18.3 Å². The number of nitrogens with one attached hydrogen (secondary N) is 1. The Morgan fingerprint density at radius 1 is 1.11 bits per heavy atom. The van der Waals surface area contributed by atoms with Gasteiger partial charge in [-0.1, -0.05) is 43.9 Å². The smallest absolute Gasteiger partial charge is 0.313 e. The lowest BCUT2D eigenvalue weighted by molar-refractivity contribution is -0.142. The molecular formula is C19H30N4O3S. The molecule has 3 rings (SSSR count). The number of amides is 1. The summed E-state index contributed by atoms with van der Waals surface area (Å²) in [6.45, 7) is 2.16. The van der Waals surface area contributed by atoms with Gasteiger partial charge in [0, 0.05) is 12.1 Å². The fourth-order valence-corrected chi connectivity index (χ4v) is 4.88. The second kappa shape index (κ2) is 10.1. The largest absolute Gasteiger partial charge is 0.466 e. The van der Waals surface area contributed by atoms with Gasteiger partial charge in [-0.2, -0.15) is 0 Å². The summed E-state index contributed by atoms with van der Waals surface area (Å²) in [4.78, 5) is 24.2. The van der Waals surface area contributed by atoms with Gasteiger partial charge >= 0.3 is 5.97 Å². The van der Waals surface area contributed by atoms with Crippen LogP contribution in [0.3, 0.4) is 0 Å². The molecule has 7 nitrogen and oxygen atoms in total. The molecule has 0 radical (unpaired) electrons. The molecule has 1 N–H and O–H groups in total. The third-order valence-corrected chi connectivity index (χ3v) is 6.28. The Hall–Kier alpha value is -1.57. The summed E-state index contributed by atoms with van der Waals surface area (Å²) in [5, 5.41) is 12.4. The van der Waals surface area contributed by atoms with Gasteiger partial charge in [0.15, 0.2) is 5.16 Å². The third-order valence-electron chi connectivity index (χ3n) is 5.34. The summed E-state index contributed by atoms with van der Waals surface area (Å²) < 4.78 is 7.17. The van der Waals surface area contributed by atoms with Gasteiger partial charge in [-0.25, -0.2) is 0 Å². The van der Waals surface area contributed by atoms with Gasteiger partial charge in [0.2, 0.25) is 5.91 Å². The SMILES string of the molecule is CCOC(=O)Cc1nnc(SCC(=O)NC2CCCC2)n1C1CCCCC1. The first-order valence-corrected chi connectivity index (χ1v) is 11.2. The van der Waals surface area contributed by atoms with E-state index >= 15 is 0 Å². The Morgan fingerprint density at radius 2 is 1.81 bits per heavy atom. The van der Waals surface area contributed by atoms with Crippen molar-refractivity contribution in [2.45, 2.75) is 88.4 Å². The highest BCUT2D eigenvalue weighted by atomic mass is 32.2. The summed E-state index contributed by atoms with van der Waals surface area (Å²) in [6, 6.07) is 0.632. The second-order valence-corrected chi connectivity index (χ2v) is 8.32. The summed E-state index contributed by atoms with van der Waals surface area (Å²) in [5.41, 5.74) is 0. The lowest BCUT2D eigenvalue weighted by Gasteiger charge is -2.25. The molecule has 27 heavy (non-hydrogen) atoms. The van der Waals surface area contributed by atoms with Crippen molar-refractivity contribution in [1.29, 1.82) is 0 Å². The van der Waals surface area contributed by atoms with Crippen molar-refractivity contribution in [3.63, 3.8) is 0 Å². The summed E-state index contributed by atoms with van der Waals surface area (Å²) in [7, 11) is 0. The molecule has 2 aliphatic carbocycles. The number of hydrogen-bond donors (Lipinski definition) is 1. The molecule has 0 bridgehead atoms. The molecule has 1 aromatic heterocycles. The molecular weight excluding hydrogens is 364 g/mol. The van der Waals surface area contributed by atoms with Crippen LogP contribution in [0.25, 0.3) is 0 Å². The maximum absolute atomic E-state index is 12.3. The molecule has 150 valence electrons. The zero-order chi connectivity index (χ0) is 19.1. The van der Waals surface area contributed by atoms with Crippen LogP contribution in [0, 0.1) is 0 Å². The quantitative estimate of drug-likeness (QED) is 0.539. The number of esters is 1. The fourth-order valence-electron chi connectivity index (χ4n) is 4.04. The van der Waals surface area contributed by atoms with Crippen LogP contribution in [0.5, 0.6) is 0 Å². The minimum atomic E-state index is -0.280. The molecule has 2 fully saturated rings. The van der Waals surface area contributed by atoms with Crippen molar-refractivity contribution in [2.24, 2.45) is 0 Å². The van der Waals surface area contributed by atoms with E-state index in [1.165, 1.54) is 43.9 Å². The number of rotatable bonds is 8. The van der Waals surface area contributed by atoms with Crippen molar-refractivity contribution < 1.29 is 14.3 Å². The molecule has 0 spiro atoms. The third kappa shape index (κ3) is 5.70. The Labute approximate surface area is 165 Å². The molecule has 0 aliphatic heterocycles. The van der Waals surface area contributed by atoms with Crippen LogP contribution in [0.1, 0.15) is 76.6 Å². The van der Waals surface area contributed by atoms with Gasteiger partial charge in [0.1, 0.15) is 12.2 Å². The Morgan fingerprint density at radius 3 is 2.52 bits per heavy atom. The molecule has 0 saturated heterocycles. The van der Waals surface area contributed by atoms with E-state index < -0.39 is 0 Å². The van der Waals surface area contributed by atoms with E-state index in [9.17, 15) is 9.59 Å². The van der Waals surface area contributed by atoms with Crippen molar-refractivity contribution in [1.82, 2.24) is 20.1 Å². The molecule has 1 amide bonds. The molecule has 1 heterocycles.